The zero-order valence-corrected chi connectivity index (χ0v) is 8.09. The molecule has 0 amide bonds. The number of fused-ring (bicyclic) bond motifs is 1. The van der Waals surface area contributed by atoms with E-state index in [0.29, 0.717) is 30.8 Å². The molecule has 0 fully saturated rings. The summed E-state index contributed by atoms with van der Waals surface area (Å²) in [5, 5.41) is 10.2. The van der Waals surface area contributed by atoms with Crippen LogP contribution in [0.1, 0.15) is 25.3 Å². The highest BCUT2D eigenvalue weighted by molar-refractivity contribution is 5.40. The van der Waals surface area contributed by atoms with Crippen LogP contribution in [0.5, 0.6) is 5.75 Å². The zero-order chi connectivity index (χ0) is 10.2. The first-order chi connectivity index (χ1) is 6.65. The van der Waals surface area contributed by atoms with Crippen LogP contribution in [-0.4, -0.2) is 11.7 Å². The first-order valence-corrected chi connectivity index (χ1v) is 4.81. The maximum absolute atomic E-state index is 12.9. The molecule has 0 aliphatic carbocycles. The average molecular weight is 196 g/mol. The van der Waals surface area contributed by atoms with Crippen molar-refractivity contribution in [3.05, 3.63) is 29.6 Å². The largest absolute Gasteiger partial charge is 0.493 e. The molecule has 1 N–H and O–H groups in total. The molecule has 0 saturated heterocycles. The third kappa shape index (κ3) is 1.38. The Hall–Kier alpha value is -1.09. The standard InChI is InChI=1S/C11H13FO2/c1-2-11(13)5-6-14-10-7-8(12)3-4-9(10)11/h3-4,7,13H,2,5-6H2,1H3. The van der Waals surface area contributed by atoms with Crippen LogP contribution in [0, 0.1) is 5.82 Å². The number of rotatable bonds is 1. The molecule has 0 radical (unpaired) electrons. The lowest BCUT2D eigenvalue weighted by Gasteiger charge is -2.33. The Kier molecular flexibility index (Phi) is 2.19. The fourth-order valence-electron chi connectivity index (χ4n) is 1.83. The van der Waals surface area contributed by atoms with E-state index in [0.717, 1.165) is 0 Å². The number of hydrogen-bond donors (Lipinski definition) is 1. The van der Waals surface area contributed by atoms with Crippen LogP contribution < -0.4 is 4.74 Å². The van der Waals surface area contributed by atoms with Crippen LogP contribution in [0.25, 0.3) is 0 Å². The number of hydrogen-bond acceptors (Lipinski definition) is 2. The van der Waals surface area contributed by atoms with Crippen LogP contribution in [0.3, 0.4) is 0 Å². The van der Waals surface area contributed by atoms with Gasteiger partial charge in [-0.15, -0.1) is 0 Å². The lowest BCUT2D eigenvalue weighted by Crippen LogP contribution is -2.31. The van der Waals surface area contributed by atoms with E-state index in [1.165, 1.54) is 12.1 Å². The van der Waals surface area contributed by atoms with E-state index in [2.05, 4.69) is 0 Å². The molecule has 76 valence electrons. The van der Waals surface area contributed by atoms with Gasteiger partial charge in [0.15, 0.2) is 0 Å². The van der Waals surface area contributed by atoms with Crippen molar-refractivity contribution >= 4 is 0 Å². The van der Waals surface area contributed by atoms with E-state index in [9.17, 15) is 9.50 Å². The van der Waals surface area contributed by atoms with Gasteiger partial charge in [0.05, 0.1) is 12.2 Å². The van der Waals surface area contributed by atoms with Gasteiger partial charge in [-0.1, -0.05) is 6.92 Å². The van der Waals surface area contributed by atoms with Crippen LogP contribution in [-0.2, 0) is 5.60 Å². The monoisotopic (exact) mass is 196 g/mol. The first-order valence-electron chi connectivity index (χ1n) is 4.81. The predicted octanol–water partition coefficient (Wildman–Crippen LogP) is 2.21. The molecule has 1 unspecified atom stereocenters. The quantitative estimate of drug-likeness (QED) is 0.746. The molecule has 1 atom stereocenters. The van der Waals surface area contributed by atoms with E-state index in [-0.39, 0.29) is 5.82 Å². The van der Waals surface area contributed by atoms with Gasteiger partial charge in [0, 0.05) is 18.1 Å². The van der Waals surface area contributed by atoms with Crippen LogP contribution in [0.15, 0.2) is 18.2 Å². The maximum Gasteiger partial charge on any atom is 0.128 e. The highest BCUT2D eigenvalue weighted by Gasteiger charge is 2.33. The molecule has 1 aliphatic rings. The fraction of sp³-hybridized carbons (Fsp3) is 0.455. The van der Waals surface area contributed by atoms with Gasteiger partial charge < -0.3 is 9.84 Å². The summed E-state index contributed by atoms with van der Waals surface area (Å²) in [5.74, 6) is 0.143. The molecule has 0 bridgehead atoms. The summed E-state index contributed by atoms with van der Waals surface area (Å²) in [7, 11) is 0. The smallest absolute Gasteiger partial charge is 0.128 e. The van der Waals surface area contributed by atoms with Crippen molar-refractivity contribution in [2.75, 3.05) is 6.61 Å². The van der Waals surface area contributed by atoms with E-state index < -0.39 is 5.60 Å². The topological polar surface area (TPSA) is 29.5 Å². The van der Waals surface area contributed by atoms with Gasteiger partial charge in [-0.25, -0.2) is 4.39 Å². The van der Waals surface area contributed by atoms with Crippen molar-refractivity contribution in [2.45, 2.75) is 25.4 Å². The summed E-state index contributed by atoms with van der Waals surface area (Å²) in [6, 6.07) is 4.29. The highest BCUT2D eigenvalue weighted by Crippen LogP contribution is 2.39. The second kappa shape index (κ2) is 3.24. The SMILES string of the molecule is CCC1(O)CCOc2cc(F)ccc21. The van der Waals surface area contributed by atoms with Gasteiger partial charge in [0.1, 0.15) is 11.6 Å². The van der Waals surface area contributed by atoms with Crippen LogP contribution in [0.2, 0.25) is 0 Å². The van der Waals surface area contributed by atoms with Gasteiger partial charge in [-0.2, -0.15) is 0 Å². The second-order valence-corrected chi connectivity index (χ2v) is 3.62. The number of halogens is 1. The summed E-state index contributed by atoms with van der Waals surface area (Å²) >= 11 is 0. The van der Waals surface area contributed by atoms with Crippen molar-refractivity contribution in [1.82, 2.24) is 0 Å². The summed E-state index contributed by atoms with van der Waals surface area (Å²) in [6.45, 7) is 2.36. The third-order valence-electron chi connectivity index (χ3n) is 2.80. The summed E-state index contributed by atoms with van der Waals surface area (Å²) in [4.78, 5) is 0. The van der Waals surface area contributed by atoms with Gasteiger partial charge in [-0.3, -0.25) is 0 Å². The van der Waals surface area contributed by atoms with Crippen molar-refractivity contribution in [3.8, 4) is 5.75 Å². The van der Waals surface area contributed by atoms with Gasteiger partial charge in [-0.05, 0) is 18.6 Å². The molecule has 0 spiro atoms. The predicted molar refractivity (Wildman–Crippen MR) is 50.7 cm³/mol. The first kappa shape index (κ1) is 9.46. The molecule has 0 saturated carbocycles. The Morgan fingerprint density at radius 1 is 1.57 bits per heavy atom. The Balaban J connectivity index is 2.50. The van der Waals surface area contributed by atoms with E-state index in [4.69, 9.17) is 4.74 Å². The minimum absolute atomic E-state index is 0.330. The number of aliphatic hydroxyl groups is 1. The van der Waals surface area contributed by atoms with Crippen molar-refractivity contribution in [3.63, 3.8) is 0 Å². The minimum atomic E-state index is -0.846. The molecule has 2 nitrogen and oxygen atoms in total. The normalized spacial score (nSPS) is 25.4. The molecule has 3 heteroatoms. The highest BCUT2D eigenvalue weighted by atomic mass is 19.1. The van der Waals surface area contributed by atoms with Crippen molar-refractivity contribution in [2.24, 2.45) is 0 Å². The molecular formula is C11H13FO2. The summed E-state index contributed by atoms with van der Waals surface area (Å²) in [6.07, 6.45) is 1.19. The lowest BCUT2D eigenvalue weighted by molar-refractivity contribution is -0.00653. The second-order valence-electron chi connectivity index (χ2n) is 3.62. The molecule has 14 heavy (non-hydrogen) atoms. The number of ether oxygens (including phenoxy) is 1. The summed E-state index contributed by atoms with van der Waals surface area (Å²) in [5.41, 5.74) is -0.144. The molecular weight excluding hydrogens is 183 g/mol. The zero-order valence-electron chi connectivity index (χ0n) is 8.09. The van der Waals surface area contributed by atoms with Gasteiger partial charge in [0.2, 0.25) is 0 Å². The molecule has 1 aliphatic heterocycles. The third-order valence-corrected chi connectivity index (χ3v) is 2.80. The molecule has 1 aromatic carbocycles. The Bertz CT molecular complexity index is 351. The Labute approximate surface area is 82.3 Å². The van der Waals surface area contributed by atoms with Crippen molar-refractivity contribution in [1.29, 1.82) is 0 Å². The lowest BCUT2D eigenvalue weighted by atomic mass is 9.86. The van der Waals surface area contributed by atoms with Gasteiger partial charge in [0.25, 0.3) is 0 Å². The van der Waals surface area contributed by atoms with Crippen LogP contribution >= 0.6 is 0 Å². The van der Waals surface area contributed by atoms with Crippen LogP contribution in [0.4, 0.5) is 4.39 Å². The maximum atomic E-state index is 12.9. The van der Waals surface area contributed by atoms with E-state index in [1.54, 1.807) is 6.07 Å². The fourth-order valence-corrected chi connectivity index (χ4v) is 1.83. The Morgan fingerprint density at radius 3 is 3.07 bits per heavy atom. The van der Waals surface area contributed by atoms with E-state index in [1.807, 2.05) is 6.92 Å². The molecule has 1 aromatic rings. The molecule has 2 rings (SSSR count). The average Bonchev–Trinajstić information content (AvgIpc) is 2.18. The summed E-state index contributed by atoms with van der Waals surface area (Å²) < 4.78 is 18.2. The Morgan fingerprint density at radius 2 is 2.36 bits per heavy atom. The molecule has 0 aromatic heterocycles. The number of benzene rings is 1. The minimum Gasteiger partial charge on any atom is -0.493 e. The molecule has 1 heterocycles. The van der Waals surface area contributed by atoms with Gasteiger partial charge >= 0.3 is 0 Å². The van der Waals surface area contributed by atoms with E-state index >= 15 is 0 Å². The van der Waals surface area contributed by atoms with Crippen molar-refractivity contribution < 1.29 is 14.2 Å².